The summed E-state index contributed by atoms with van der Waals surface area (Å²) in [6.45, 7) is 2.03. The molecular weight excluding hydrogens is 326 g/mol. The Hall–Kier alpha value is -2.67. The first kappa shape index (κ1) is 17.7. The molecule has 0 bridgehead atoms. The van der Waals surface area contributed by atoms with E-state index in [-0.39, 0.29) is 11.6 Å². The van der Waals surface area contributed by atoms with E-state index in [2.05, 4.69) is 10.5 Å². The van der Waals surface area contributed by atoms with Crippen LogP contribution in [0.2, 0.25) is 0 Å². The second-order valence-corrected chi connectivity index (χ2v) is 6.23. The Bertz CT molecular complexity index is 745. The van der Waals surface area contributed by atoms with Gasteiger partial charge in [0.2, 0.25) is 5.91 Å². The van der Waals surface area contributed by atoms with Gasteiger partial charge in [-0.2, -0.15) is 5.10 Å². The molecule has 0 saturated carbocycles. The molecule has 0 aromatic heterocycles. The number of hydrogen-bond acceptors (Lipinski definition) is 5. The number of thioether (sulfide) groups is 1. The van der Waals surface area contributed by atoms with E-state index in [0.717, 1.165) is 4.90 Å². The highest BCUT2D eigenvalue weighted by Gasteiger charge is 2.04. The van der Waals surface area contributed by atoms with Crippen LogP contribution in [-0.2, 0) is 4.79 Å². The molecule has 0 aliphatic rings. The number of nitro groups is 1. The summed E-state index contributed by atoms with van der Waals surface area (Å²) in [4.78, 5) is 23.0. The summed E-state index contributed by atoms with van der Waals surface area (Å²) in [7, 11) is 0. The maximum absolute atomic E-state index is 11.7. The van der Waals surface area contributed by atoms with Crippen molar-refractivity contribution in [2.75, 3.05) is 5.75 Å². The van der Waals surface area contributed by atoms with Crippen molar-refractivity contribution in [2.24, 2.45) is 5.10 Å². The van der Waals surface area contributed by atoms with Gasteiger partial charge in [-0.15, -0.1) is 11.8 Å². The van der Waals surface area contributed by atoms with Crippen LogP contribution < -0.4 is 5.43 Å². The van der Waals surface area contributed by atoms with Gasteiger partial charge in [0, 0.05) is 34.8 Å². The largest absolute Gasteiger partial charge is 0.273 e. The quantitative estimate of drug-likeness (QED) is 0.361. The second-order valence-electron chi connectivity index (χ2n) is 5.06. The Labute approximate surface area is 144 Å². The lowest BCUT2D eigenvalue weighted by atomic mass is 10.2. The Balaban J connectivity index is 1.75. The van der Waals surface area contributed by atoms with Gasteiger partial charge in [-0.05, 0) is 19.1 Å². The highest BCUT2D eigenvalue weighted by atomic mass is 32.2. The standard InChI is InChI=1S/C17H17N3O3S/c1-13-5-7-16(8-6-13)24-10-9-17(21)19-18-12-14-3-2-4-15(11-14)20(22)23/h2-8,11-12H,9-10H2,1H3,(H,19,21)/b18-12-. The van der Waals surface area contributed by atoms with E-state index >= 15 is 0 Å². The van der Waals surface area contributed by atoms with Crippen molar-refractivity contribution < 1.29 is 9.72 Å². The lowest BCUT2D eigenvalue weighted by Gasteiger charge is -2.02. The predicted octanol–water partition coefficient (Wildman–Crippen LogP) is 3.54. The third-order valence-corrected chi connectivity index (χ3v) is 4.12. The fourth-order valence-electron chi connectivity index (χ4n) is 1.85. The summed E-state index contributed by atoms with van der Waals surface area (Å²) in [6, 6.07) is 14.2. The minimum Gasteiger partial charge on any atom is -0.273 e. The predicted molar refractivity (Wildman–Crippen MR) is 95.4 cm³/mol. The number of rotatable bonds is 7. The van der Waals surface area contributed by atoms with Crippen molar-refractivity contribution in [1.29, 1.82) is 0 Å². The smallest absolute Gasteiger partial charge is 0.270 e. The van der Waals surface area contributed by atoms with Crippen LogP contribution in [0.1, 0.15) is 17.5 Å². The monoisotopic (exact) mass is 343 g/mol. The summed E-state index contributed by atoms with van der Waals surface area (Å²) in [5, 5.41) is 14.5. The maximum Gasteiger partial charge on any atom is 0.270 e. The van der Waals surface area contributed by atoms with Crippen molar-refractivity contribution in [3.05, 3.63) is 69.8 Å². The average molecular weight is 343 g/mol. The molecule has 6 nitrogen and oxygen atoms in total. The first-order chi connectivity index (χ1) is 11.5. The third-order valence-electron chi connectivity index (χ3n) is 3.10. The molecule has 0 spiro atoms. The minimum absolute atomic E-state index is 0.0141. The van der Waals surface area contributed by atoms with E-state index in [1.165, 1.54) is 23.9 Å². The summed E-state index contributed by atoms with van der Waals surface area (Å²) in [5.41, 5.74) is 4.16. The van der Waals surface area contributed by atoms with E-state index < -0.39 is 4.92 Å². The van der Waals surface area contributed by atoms with Crippen LogP contribution in [0.5, 0.6) is 0 Å². The minimum atomic E-state index is -0.474. The Morgan fingerprint density at radius 2 is 2.04 bits per heavy atom. The molecule has 2 aromatic carbocycles. The van der Waals surface area contributed by atoms with E-state index in [0.29, 0.717) is 17.7 Å². The molecule has 0 atom stereocenters. The van der Waals surface area contributed by atoms with Gasteiger partial charge in [0.1, 0.15) is 0 Å². The molecule has 24 heavy (non-hydrogen) atoms. The molecule has 0 aliphatic carbocycles. The van der Waals surface area contributed by atoms with Crippen LogP contribution in [0.15, 0.2) is 58.5 Å². The first-order valence-corrected chi connectivity index (χ1v) is 8.29. The second kappa shape index (κ2) is 8.83. The number of nitro benzene ring substituents is 1. The van der Waals surface area contributed by atoms with Gasteiger partial charge in [0.05, 0.1) is 11.1 Å². The molecule has 0 radical (unpaired) electrons. The molecule has 7 heteroatoms. The highest BCUT2D eigenvalue weighted by Crippen LogP contribution is 2.18. The zero-order valence-electron chi connectivity index (χ0n) is 13.1. The van der Waals surface area contributed by atoms with Crippen molar-refractivity contribution in [3.63, 3.8) is 0 Å². The molecule has 0 saturated heterocycles. The Morgan fingerprint density at radius 1 is 1.29 bits per heavy atom. The fourth-order valence-corrected chi connectivity index (χ4v) is 2.70. The SMILES string of the molecule is Cc1ccc(SCCC(=O)N/N=C\c2cccc([N+](=O)[O-])c2)cc1. The fraction of sp³-hybridized carbons (Fsp3) is 0.176. The molecule has 0 heterocycles. The number of non-ortho nitro benzene ring substituents is 1. The number of carbonyl (C=O) groups is 1. The average Bonchev–Trinajstić information content (AvgIpc) is 2.57. The van der Waals surface area contributed by atoms with E-state index in [9.17, 15) is 14.9 Å². The summed E-state index contributed by atoms with van der Waals surface area (Å²) in [5.74, 6) is 0.456. The van der Waals surface area contributed by atoms with Crippen molar-refractivity contribution in [3.8, 4) is 0 Å². The van der Waals surface area contributed by atoms with Gasteiger partial charge < -0.3 is 0 Å². The summed E-state index contributed by atoms with van der Waals surface area (Å²) >= 11 is 1.60. The van der Waals surface area contributed by atoms with Crippen molar-refractivity contribution in [2.45, 2.75) is 18.2 Å². The molecule has 0 fully saturated rings. The van der Waals surface area contributed by atoms with Gasteiger partial charge in [0.25, 0.3) is 5.69 Å². The molecule has 0 unspecified atom stereocenters. The highest BCUT2D eigenvalue weighted by molar-refractivity contribution is 7.99. The van der Waals surface area contributed by atoms with Crippen LogP contribution in [-0.4, -0.2) is 22.8 Å². The van der Waals surface area contributed by atoms with E-state index in [1.54, 1.807) is 23.9 Å². The summed E-state index contributed by atoms with van der Waals surface area (Å²) in [6.07, 6.45) is 1.73. The number of nitrogens with zero attached hydrogens (tertiary/aromatic N) is 2. The number of hydrogen-bond donors (Lipinski definition) is 1. The lowest BCUT2D eigenvalue weighted by Crippen LogP contribution is -2.17. The van der Waals surface area contributed by atoms with Gasteiger partial charge in [0.15, 0.2) is 0 Å². The number of nitrogens with one attached hydrogen (secondary N) is 1. The zero-order chi connectivity index (χ0) is 17.4. The number of benzene rings is 2. The first-order valence-electron chi connectivity index (χ1n) is 7.30. The van der Waals surface area contributed by atoms with E-state index in [4.69, 9.17) is 0 Å². The summed E-state index contributed by atoms with van der Waals surface area (Å²) < 4.78 is 0. The van der Waals surface area contributed by atoms with Crippen LogP contribution >= 0.6 is 11.8 Å². The molecule has 2 aromatic rings. The number of carbonyl (C=O) groups excluding carboxylic acids is 1. The topological polar surface area (TPSA) is 84.6 Å². The lowest BCUT2D eigenvalue weighted by molar-refractivity contribution is -0.384. The Morgan fingerprint density at radius 3 is 2.75 bits per heavy atom. The molecule has 1 amide bonds. The Kier molecular flexibility index (Phi) is 6.51. The van der Waals surface area contributed by atoms with Gasteiger partial charge >= 0.3 is 0 Å². The van der Waals surface area contributed by atoms with Gasteiger partial charge in [-0.25, -0.2) is 5.43 Å². The molecule has 0 aliphatic heterocycles. The third kappa shape index (κ3) is 5.85. The molecule has 1 N–H and O–H groups in total. The van der Waals surface area contributed by atoms with Crippen LogP contribution in [0, 0.1) is 17.0 Å². The number of aryl methyl sites for hydroxylation is 1. The van der Waals surface area contributed by atoms with Crippen molar-refractivity contribution in [1.82, 2.24) is 5.43 Å². The molecular formula is C17H17N3O3S. The van der Waals surface area contributed by atoms with E-state index in [1.807, 2.05) is 31.2 Å². The van der Waals surface area contributed by atoms with Gasteiger partial charge in [-0.1, -0.05) is 29.8 Å². The maximum atomic E-state index is 11.7. The zero-order valence-corrected chi connectivity index (χ0v) is 14.0. The van der Waals surface area contributed by atoms with Gasteiger partial charge in [-0.3, -0.25) is 14.9 Å². The van der Waals surface area contributed by atoms with Crippen LogP contribution in [0.3, 0.4) is 0 Å². The number of amides is 1. The van der Waals surface area contributed by atoms with Crippen LogP contribution in [0.25, 0.3) is 0 Å². The normalized spacial score (nSPS) is 10.7. The number of hydrazone groups is 1. The van der Waals surface area contributed by atoms with Crippen molar-refractivity contribution >= 4 is 29.6 Å². The molecule has 2 rings (SSSR count). The molecule has 124 valence electrons. The van der Waals surface area contributed by atoms with Crippen LogP contribution in [0.4, 0.5) is 5.69 Å².